The number of hydrogen-bond donors (Lipinski definition) is 0. The molecule has 0 radical (unpaired) electrons. The molecular formula is C18H17NO4. The predicted octanol–water partition coefficient (Wildman–Crippen LogP) is 3.45. The Bertz CT molecular complexity index is 895. The number of nitrogens with zero attached hydrogens (tertiary/aromatic N) is 1. The fraction of sp³-hybridized carbons (Fsp3) is 0.222. The minimum Gasteiger partial charge on any atom is -0.462 e. The van der Waals surface area contributed by atoms with E-state index in [0.717, 1.165) is 10.8 Å². The Hall–Kier alpha value is -2.82. The number of benzene rings is 1. The first-order valence-electron chi connectivity index (χ1n) is 7.54. The van der Waals surface area contributed by atoms with Gasteiger partial charge in [0.15, 0.2) is 0 Å². The molecule has 2 heterocycles. The lowest BCUT2D eigenvalue weighted by Crippen LogP contribution is -2.07. The zero-order valence-electron chi connectivity index (χ0n) is 13.0. The van der Waals surface area contributed by atoms with Gasteiger partial charge in [-0.05, 0) is 31.4 Å². The topological polar surface area (TPSA) is 57.0 Å². The van der Waals surface area contributed by atoms with Crippen LogP contribution >= 0.6 is 0 Å². The number of aromatic nitrogens is 1. The fourth-order valence-corrected chi connectivity index (χ4v) is 2.69. The monoisotopic (exact) mass is 311 g/mol. The van der Waals surface area contributed by atoms with E-state index in [9.17, 15) is 9.59 Å². The predicted molar refractivity (Wildman–Crippen MR) is 86.8 cm³/mol. The normalized spacial score (nSPS) is 10.9. The Balaban J connectivity index is 2.33. The quantitative estimate of drug-likeness (QED) is 0.693. The Morgan fingerprint density at radius 1 is 1.00 bits per heavy atom. The summed E-state index contributed by atoms with van der Waals surface area (Å²) >= 11 is 0. The number of pyridine rings is 1. The number of fused-ring (bicyclic) bond motifs is 3. The van der Waals surface area contributed by atoms with Gasteiger partial charge in [0.1, 0.15) is 5.69 Å². The molecule has 3 rings (SSSR count). The van der Waals surface area contributed by atoms with Gasteiger partial charge in [-0.25, -0.2) is 9.59 Å². The van der Waals surface area contributed by atoms with E-state index in [2.05, 4.69) is 0 Å². The average molecular weight is 311 g/mol. The first kappa shape index (κ1) is 15.1. The van der Waals surface area contributed by atoms with Crippen molar-refractivity contribution < 1.29 is 19.1 Å². The largest absolute Gasteiger partial charge is 0.462 e. The van der Waals surface area contributed by atoms with E-state index in [4.69, 9.17) is 9.47 Å². The summed E-state index contributed by atoms with van der Waals surface area (Å²) in [6.45, 7) is 4.04. The van der Waals surface area contributed by atoms with E-state index in [-0.39, 0.29) is 13.2 Å². The minimum atomic E-state index is -0.465. The van der Waals surface area contributed by atoms with Crippen molar-refractivity contribution in [1.82, 2.24) is 4.40 Å². The van der Waals surface area contributed by atoms with Crippen LogP contribution in [0.5, 0.6) is 0 Å². The van der Waals surface area contributed by atoms with E-state index in [1.165, 1.54) is 6.07 Å². The van der Waals surface area contributed by atoms with Crippen LogP contribution in [0.15, 0.2) is 42.6 Å². The number of esters is 2. The van der Waals surface area contributed by atoms with Gasteiger partial charge in [0.2, 0.25) is 0 Å². The second-order valence-electron chi connectivity index (χ2n) is 5.01. The summed E-state index contributed by atoms with van der Waals surface area (Å²) in [6, 6.07) is 11.1. The van der Waals surface area contributed by atoms with Crippen LogP contribution in [0, 0.1) is 0 Å². The highest BCUT2D eigenvalue weighted by Crippen LogP contribution is 2.27. The van der Waals surface area contributed by atoms with Crippen molar-refractivity contribution in [2.45, 2.75) is 13.8 Å². The highest BCUT2D eigenvalue weighted by Gasteiger charge is 2.22. The standard InChI is InChI=1S/C18H17NO4/c1-3-22-17(20)14-11-15(18(21)23-4-2)19-10-9-12-7-5-6-8-13(12)16(14)19/h5-11H,3-4H2,1-2H3. The molecule has 23 heavy (non-hydrogen) atoms. The first-order chi connectivity index (χ1) is 11.2. The maximum absolute atomic E-state index is 12.3. The van der Waals surface area contributed by atoms with E-state index >= 15 is 0 Å². The molecule has 0 aliphatic heterocycles. The van der Waals surface area contributed by atoms with Gasteiger partial charge in [-0.3, -0.25) is 0 Å². The van der Waals surface area contributed by atoms with Crippen LogP contribution in [0.3, 0.4) is 0 Å². The van der Waals surface area contributed by atoms with Crippen molar-refractivity contribution in [2.24, 2.45) is 0 Å². The van der Waals surface area contributed by atoms with Gasteiger partial charge < -0.3 is 13.9 Å². The third kappa shape index (κ3) is 2.54. The third-order valence-corrected chi connectivity index (χ3v) is 3.64. The second kappa shape index (κ2) is 6.12. The smallest absolute Gasteiger partial charge is 0.355 e. The third-order valence-electron chi connectivity index (χ3n) is 3.64. The Kier molecular flexibility index (Phi) is 4.02. The van der Waals surface area contributed by atoms with Gasteiger partial charge in [-0.1, -0.05) is 24.3 Å². The summed E-state index contributed by atoms with van der Waals surface area (Å²) in [5.74, 6) is -0.912. The molecule has 0 aliphatic carbocycles. The number of carbonyl (C=O) groups is 2. The summed E-state index contributed by atoms with van der Waals surface area (Å²) in [7, 11) is 0. The van der Waals surface area contributed by atoms with Crippen LogP contribution in [-0.4, -0.2) is 29.6 Å². The van der Waals surface area contributed by atoms with Crippen LogP contribution in [-0.2, 0) is 9.47 Å². The zero-order valence-corrected chi connectivity index (χ0v) is 13.0. The zero-order chi connectivity index (χ0) is 16.4. The molecule has 0 unspecified atom stereocenters. The van der Waals surface area contributed by atoms with Gasteiger partial charge >= 0.3 is 11.9 Å². The van der Waals surface area contributed by atoms with E-state index in [1.807, 2.05) is 30.3 Å². The van der Waals surface area contributed by atoms with Crippen molar-refractivity contribution in [3.05, 3.63) is 53.9 Å². The molecule has 2 aromatic heterocycles. The van der Waals surface area contributed by atoms with Crippen molar-refractivity contribution in [1.29, 1.82) is 0 Å². The molecule has 0 aliphatic rings. The lowest BCUT2D eigenvalue weighted by molar-refractivity contribution is 0.0517. The van der Waals surface area contributed by atoms with Crippen LogP contribution in [0.2, 0.25) is 0 Å². The van der Waals surface area contributed by atoms with Gasteiger partial charge in [0, 0.05) is 11.6 Å². The number of carbonyl (C=O) groups excluding carboxylic acids is 2. The summed E-state index contributed by atoms with van der Waals surface area (Å²) in [4.78, 5) is 24.5. The van der Waals surface area contributed by atoms with Gasteiger partial charge in [0.05, 0.1) is 24.3 Å². The molecule has 118 valence electrons. The maximum atomic E-state index is 12.3. The van der Waals surface area contributed by atoms with E-state index < -0.39 is 11.9 Å². The lowest BCUT2D eigenvalue weighted by Gasteiger charge is -2.06. The average Bonchev–Trinajstić information content (AvgIpc) is 2.95. The Morgan fingerprint density at radius 3 is 2.43 bits per heavy atom. The Morgan fingerprint density at radius 2 is 1.70 bits per heavy atom. The summed E-state index contributed by atoms with van der Waals surface area (Å²) < 4.78 is 11.9. The van der Waals surface area contributed by atoms with Gasteiger partial charge in [-0.2, -0.15) is 0 Å². The van der Waals surface area contributed by atoms with Gasteiger partial charge in [0.25, 0.3) is 0 Å². The molecule has 5 nitrogen and oxygen atoms in total. The van der Waals surface area contributed by atoms with E-state index in [0.29, 0.717) is 16.8 Å². The molecular weight excluding hydrogens is 294 g/mol. The van der Waals surface area contributed by atoms with Crippen LogP contribution < -0.4 is 0 Å². The van der Waals surface area contributed by atoms with Crippen LogP contribution in [0.25, 0.3) is 16.3 Å². The lowest BCUT2D eigenvalue weighted by atomic mass is 10.1. The molecule has 0 saturated carbocycles. The van der Waals surface area contributed by atoms with Crippen molar-refractivity contribution in [3.63, 3.8) is 0 Å². The molecule has 0 N–H and O–H groups in total. The first-order valence-corrected chi connectivity index (χ1v) is 7.54. The SMILES string of the molecule is CCOC(=O)c1cc(C(=O)OCC)n2ccc3ccccc3c12. The maximum Gasteiger partial charge on any atom is 0.355 e. The van der Waals surface area contributed by atoms with E-state index in [1.54, 1.807) is 24.4 Å². The molecule has 0 saturated heterocycles. The molecule has 5 heteroatoms. The molecule has 3 aromatic rings. The highest BCUT2D eigenvalue weighted by molar-refractivity contribution is 6.10. The van der Waals surface area contributed by atoms with Crippen LogP contribution in [0.1, 0.15) is 34.7 Å². The minimum absolute atomic E-state index is 0.272. The Labute approximate surface area is 133 Å². The van der Waals surface area contributed by atoms with Crippen molar-refractivity contribution in [2.75, 3.05) is 13.2 Å². The summed E-state index contributed by atoms with van der Waals surface area (Å²) in [5, 5.41) is 1.87. The highest BCUT2D eigenvalue weighted by atomic mass is 16.5. The fourth-order valence-electron chi connectivity index (χ4n) is 2.69. The second-order valence-corrected chi connectivity index (χ2v) is 5.01. The van der Waals surface area contributed by atoms with Crippen LogP contribution in [0.4, 0.5) is 0 Å². The molecule has 0 amide bonds. The molecule has 0 atom stereocenters. The number of ether oxygens (including phenoxy) is 2. The summed E-state index contributed by atoms with van der Waals surface area (Å²) in [5.41, 5.74) is 1.34. The number of hydrogen-bond acceptors (Lipinski definition) is 4. The van der Waals surface area contributed by atoms with Crippen molar-refractivity contribution >= 4 is 28.2 Å². The number of rotatable bonds is 4. The summed E-state index contributed by atoms with van der Waals surface area (Å²) in [6.07, 6.45) is 1.77. The van der Waals surface area contributed by atoms with Gasteiger partial charge in [-0.15, -0.1) is 0 Å². The molecule has 0 fully saturated rings. The molecule has 0 spiro atoms. The molecule has 0 bridgehead atoms. The van der Waals surface area contributed by atoms with Crippen molar-refractivity contribution in [3.8, 4) is 0 Å². The molecule has 1 aromatic carbocycles.